The Hall–Kier alpha value is -1.55. The summed E-state index contributed by atoms with van der Waals surface area (Å²) in [6.45, 7) is 0.790. The average Bonchev–Trinajstić information content (AvgIpc) is 2.67. The van der Waals surface area contributed by atoms with Gasteiger partial charge in [0.1, 0.15) is 6.04 Å². The van der Waals surface area contributed by atoms with Gasteiger partial charge in [0.25, 0.3) is 0 Å². The maximum atomic E-state index is 12.0. The summed E-state index contributed by atoms with van der Waals surface area (Å²) in [7, 11) is 0. The summed E-state index contributed by atoms with van der Waals surface area (Å²) in [5.74, 6) is 0.106. The van der Waals surface area contributed by atoms with Gasteiger partial charge in [-0.15, -0.1) is 0 Å². The number of anilines is 1. The van der Waals surface area contributed by atoms with Gasteiger partial charge < -0.3 is 10.6 Å². The molecule has 3 rings (SSSR count). The van der Waals surface area contributed by atoms with Crippen molar-refractivity contribution in [3.63, 3.8) is 0 Å². The van der Waals surface area contributed by atoms with Crippen molar-refractivity contribution in [2.45, 2.75) is 25.3 Å². The Morgan fingerprint density at radius 1 is 1.10 bits per heavy atom. The van der Waals surface area contributed by atoms with E-state index in [0.29, 0.717) is 0 Å². The van der Waals surface area contributed by atoms with E-state index in [1.807, 2.05) is 24.3 Å². The Kier molecular flexibility index (Phi) is 3.92. The van der Waals surface area contributed by atoms with Gasteiger partial charge >= 0.3 is 0 Å². The Morgan fingerprint density at radius 2 is 1.90 bits per heavy atom. The molecule has 0 aromatic heterocycles. The first-order chi connectivity index (χ1) is 9.75. The second kappa shape index (κ2) is 5.83. The van der Waals surface area contributed by atoms with Crippen LogP contribution in [0.3, 0.4) is 0 Å². The number of carbonyl (C=O) groups excluding carboxylic acids is 1. The zero-order valence-corrected chi connectivity index (χ0v) is 12.7. The topological polar surface area (TPSA) is 41.1 Å². The summed E-state index contributed by atoms with van der Waals surface area (Å²) in [5.41, 5.74) is 1.02. The third-order valence-corrected chi connectivity index (χ3v) is 4.43. The van der Waals surface area contributed by atoms with Gasteiger partial charge in [-0.1, -0.05) is 40.2 Å². The van der Waals surface area contributed by atoms with Crippen molar-refractivity contribution in [3.8, 4) is 0 Å². The molecule has 20 heavy (non-hydrogen) atoms. The lowest BCUT2D eigenvalue weighted by Gasteiger charge is -2.18. The predicted molar refractivity (Wildman–Crippen MR) is 85.9 cm³/mol. The summed E-state index contributed by atoms with van der Waals surface area (Å²) >= 11 is 3.57. The van der Waals surface area contributed by atoms with E-state index < -0.39 is 0 Å². The molecule has 0 saturated carbocycles. The molecule has 2 aromatic rings. The van der Waals surface area contributed by atoms with Crippen molar-refractivity contribution in [2.75, 3.05) is 11.9 Å². The van der Waals surface area contributed by atoms with Gasteiger partial charge in [0, 0.05) is 22.1 Å². The van der Waals surface area contributed by atoms with Gasteiger partial charge in [-0.3, -0.25) is 4.79 Å². The smallest absolute Gasteiger partial charge is 0.242 e. The van der Waals surface area contributed by atoms with Crippen LogP contribution in [0.15, 0.2) is 40.9 Å². The molecule has 1 saturated heterocycles. The third kappa shape index (κ3) is 2.66. The zero-order valence-electron chi connectivity index (χ0n) is 11.2. The normalized spacial score (nSPS) is 19.4. The Bertz CT molecular complexity index is 641. The standard InChI is InChI=1S/C16H17BrN2O/c17-13-8-9-14(12-6-2-1-5-11(12)13)19-15-7-3-4-10-18-16(15)20/h1-2,5-6,8-9,15,19H,3-4,7,10H2,(H,18,20). The minimum atomic E-state index is -0.137. The number of nitrogens with one attached hydrogen (secondary N) is 2. The van der Waals surface area contributed by atoms with E-state index >= 15 is 0 Å². The Balaban J connectivity index is 1.94. The van der Waals surface area contributed by atoms with Crippen LogP contribution in [0.2, 0.25) is 0 Å². The van der Waals surface area contributed by atoms with Gasteiger partial charge in [0.2, 0.25) is 5.91 Å². The number of amides is 1. The third-order valence-electron chi connectivity index (χ3n) is 3.74. The average molecular weight is 333 g/mol. The number of halogens is 1. The summed E-state index contributed by atoms with van der Waals surface area (Å²) in [4.78, 5) is 12.0. The Morgan fingerprint density at radius 3 is 2.75 bits per heavy atom. The van der Waals surface area contributed by atoms with E-state index in [-0.39, 0.29) is 11.9 Å². The molecule has 1 atom stereocenters. The van der Waals surface area contributed by atoms with Gasteiger partial charge in [-0.05, 0) is 36.8 Å². The largest absolute Gasteiger partial charge is 0.373 e. The molecular formula is C16H17BrN2O. The number of fused-ring (bicyclic) bond motifs is 1. The lowest BCUT2D eigenvalue weighted by Crippen LogP contribution is -2.37. The van der Waals surface area contributed by atoms with Gasteiger partial charge in [0.15, 0.2) is 0 Å². The minimum absolute atomic E-state index is 0.106. The van der Waals surface area contributed by atoms with Crippen molar-refractivity contribution >= 4 is 38.3 Å². The van der Waals surface area contributed by atoms with E-state index in [2.05, 4.69) is 38.7 Å². The highest BCUT2D eigenvalue weighted by Crippen LogP contribution is 2.30. The van der Waals surface area contributed by atoms with Crippen LogP contribution in [0.5, 0.6) is 0 Å². The zero-order chi connectivity index (χ0) is 13.9. The first-order valence-corrected chi connectivity index (χ1v) is 7.76. The molecule has 104 valence electrons. The summed E-state index contributed by atoms with van der Waals surface area (Å²) in [6.07, 6.45) is 3.02. The maximum absolute atomic E-state index is 12.0. The SMILES string of the molecule is O=C1NCCCCC1Nc1ccc(Br)c2ccccc12. The molecule has 1 aliphatic heterocycles. The van der Waals surface area contributed by atoms with Crippen LogP contribution < -0.4 is 10.6 Å². The van der Waals surface area contributed by atoms with Gasteiger partial charge in [-0.25, -0.2) is 0 Å². The molecule has 1 aliphatic rings. The summed E-state index contributed by atoms with van der Waals surface area (Å²) in [5, 5.41) is 8.67. The van der Waals surface area contributed by atoms with Crippen LogP contribution in [0.4, 0.5) is 5.69 Å². The highest BCUT2D eigenvalue weighted by atomic mass is 79.9. The van der Waals surface area contributed by atoms with Gasteiger partial charge in [-0.2, -0.15) is 0 Å². The van der Waals surface area contributed by atoms with E-state index in [0.717, 1.165) is 46.7 Å². The van der Waals surface area contributed by atoms with Crippen LogP contribution in [0.1, 0.15) is 19.3 Å². The van der Waals surface area contributed by atoms with Crippen LogP contribution in [0, 0.1) is 0 Å². The number of carbonyl (C=O) groups is 1. The molecule has 2 N–H and O–H groups in total. The van der Waals surface area contributed by atoms with Crippen molar-refractivity contribution in [1.82, 2.24) is 5.32 Å². The van der Waals surface area contributed by atoms with Crippen molar-refractivity contribution in [3.05, 3.63) is 40.9 Å². The molecule has 1 fully saturated rings. The minimum Gasteiger partial charge on any atom is -0.373 e. The molecule has 0 bridgehead atoms. The molecule has 1 unspecified atom stereocenters. The van der Waals surface area contributed by atoms with E-state index in [1.54, 1.807) is 0 Å². The number of hydrogen-bond acceptors (Lipinski definition) is 2. The second-order valence-corrected chi connectivity index (χ2v) is 5.98. The van der Waals surface area contributed by atoms with Crippen LogP contribution in [-0.4, -0.2) is 18.5 Å². The molecule has 1 amide bonds. The molecule has 3 nitrogen and oxygen atoms in total. The fourth-order valence-corrected chi connectivity index (χ4v) is 3.13. The first kappa shape index (κ1) is 13.4. The van der Waals surface area contributed by atoms with Crippen LogP contribution in [-0.2, 0) is 4.79 Å². The van der Waals surface area contributed by atoms with Crippen molar-refractivity contribution < 1.29 is 4.79 Å². The fraction of sp³-hybridized carbons (Fsp3) is 0.312. The Labute approximate surface area is 126 Å². The molecule has 1 heterocycles. The van der Waals surface area contributed by atoms with E-state index in [9.17, 15) is 4.79 Å². The monoisotopic (exact) mass is 332 g/mol. The quantitative estimate of drug-likeness (QED) is 0.880. The number of rotatable bonds is 2. The predicted octanol–water partition coefficient (Wildman–Crippen LogP) is 3.68. The van der Waals surface area contributed by atoms with Crippen molar-refractivity contribution in [1.29, 1.82) is 0 Å². The van der Waals surface area contributed by atoms with Crippen LogP contribution in [0.25, 0.3) is 10.8 Å². The molecule has 0 spiro atoms. The highest BCUT2D eigenvalue weighted by Gasteiger charge is 2.20. The van der Waals surface area contributed by atoms with Gasteiger partial charge in [0.05, 0.1) is 0 Å². The van der Waals surface area contributed by atoms with Crippen LogP contribution >= 0.6 is 15.9 Å². The summed E-state index contributed by atoms with van der Waals surface area (Å²) < 4.78 is 1.07. The number of hydrogen-bond donors (Lipinski definition) is 2. The maximum Gasteiger partial charge on any atom is 0.242 e. The lowest BCUT2D eigenvalue weighted by molar-refractivity contribution is -0.121. The fourth-order valence-electron chi connectivity index (χ4n) is 2.65. The molecule has 2 aromatic carbocycles. The molecular weight excluding hydrogens is 316 g/mol. The molecule has 0 radical (unpaired) electrons. The lowest BCUT2D eigenvalue weighted by atomic mass is 10.1. The molecule has 0 aliphatic carbocycles. The number of benzene rings is 2. The van der Waals surface area contributed by atoms with E-state index in [4.69, 9.17) is 0 Å². The molecule has 4 heteroatoms. The first-order valence-electron chi connectivity index (χ1n) is 6.97. The second-order valence-electron chi connectivity index (χ2n) is 5.12. The summed E-state index contributed by atoms with van der Waals surface area (Å²) in [6, 6.07) is 12.1. The highest BCUT2D eigenvalue weighted by molar-refractivity contribution is 9.10. The van der Waals surface area contributed by atoms with E-state index in [1.165, 1.54) is 0 Å². The van der Waals surface area contributed by atoms with Crippen molar-refractivity contribution in [2.24, 2.45) is 0 Å².